The Bertz CT molecular complexity index is 971. The SMILES string of the molecule is COc1cc(C2CC(=O)Nc3nc4ccccc4n32)cc(OC)c1OC. The molecule has 0 bridgehead atoms. The Kier molecular flexibility index (Phi) is 3.91. The molecule has 0 saturated carbocycles. The van der Waals surface area contributed by atoms with Crippen LogP contribution in [0.5, 0.6) is 17.2 Å². The number of para-hydroxylation sites is 2. The third kappa shape index (κ3) is 2.44. The van der Waals surface area contributed by atoms with Crippen molar-refractivity contribution in [2.75, 3.05) is 26.6 Å². The van der Waals surface area contributed by atoms with E-state index >= 15 is 0 Å². The molecular formula is C19H19N3O4. The van der Waals surface area contributed by atoms with Crippen molar-refractivity contribution in [2.24, 2.45) is 0 Å². The number of carbonyl (C=O) groups is 1. The van der Waals surface area contributed by atoms with Crippen LogP contribution in [0.3, 0.4) is 0 Å². The number of nitrogens with zero attached hydrogens (tertiary/aromatic N) is 2. The number of ether oxygens (including phenoxy) is 3. The Morgan fingerprint density at radius 2 is 1.77 bits per heavy atom. The first-order valence-electron chi connectivity index (χ1n) is 8.23. The van der Waals surface area contributed by atoms with E-state index in [9.17, 15) is 4.79 Å². The maximum Gasteiger partial charge on any atom is 0.229 e. The van der Waals surface area contributed by atoms with Crippen LogP contribution >= 0.6 is 0 Å². The molecule has 1 aliphatic rings. The molecule has 1 amide bonds. The minimum absolute atomic E-state index is 0.0773. The standard InChI is InChI=1S/C19H19N3O4/c1-24-15-8-11(9-16(25-2)18(15)26-3)14-10-17(23)21-19-20-12-6-4-5-7-13(12)22(14)19/h4-9,14H,10H2,1-3H3,(H,20,21,23). The molecule has 0 fully saturated rings. The topological polar surface area (TPSA) is 74.6 Å². The van der Waals surface area contributed by atoms with Crippen LogP contribution in [0.4, 0.5) is 5.95 Å². The van der Waals surface area contributed by atoms with Gasteiger partial charge < -0.3 is 18.8 Å². The van der Waals surface area contributed by atoms with Crippen molar-refractivity contribution >= 4 is 22.9 Å². The average molecular weight is 353 g/mol. The quantitative estimate of drug-likeness (QED) is 0.780. The van der Waals surface area contributed by atoms with E-state index in [1.54, 1.807) is 21.3 Å². The Morgan fingerprint density at radius 1 is 1.08 bits per heavy atom. The van der Waals surface area contributed by atoms with Gasteiger partial charge in [0.1, 0.15) is 0 Å². The van der Waals surface area contributed by atoms with Gasteiger partial charge >= 0.3 is 0 Å². The highest BCUT2D eigenvalue weighted by Crippen LogP contribution is 2.43. The molecule has 3 aromatic rings. The highest BCUT2D eigenvalue weighted by atomic mass is 16.5. The molecule has 7 heteroatoms. The zero-order valence-electron chi connectivity index (χ0n) is 14.8. The van der Waals surface area contributed by atoms with Gasteiger partial charge in [-0.05, 0) is 29.8 Å². The molecule has 0 spiro atoms. The predicted octanol–water partition coefficient (Wildman–Crippen LogP) is 2.99. The van der Waals surface area contributed by atoms with Crippen LogP contribution in [0.25, 0.3) is 11.0 Å². The molecule has 0 aliphatic carbocycles. The number of rotatable bonds is 4. The fourth-order valence-corrected chi connectivity index (χ4v) is 3.45. The van der Waals surface area contributed by atoms with E-state index in [2.05, 4.69) is 10.3 Å². The van der Waals surface area contributed by atoms with Crippen LogP contribution in [-0.4, -0.2) is 36.8 Å². The molecule has 2 heterocycles. The van der Waals surface area contributed by atoms with Gasteiger partial charge in [0.25, 0.3) is 0 Å². The zero-order valence-corrected chi connectivity index (χ0v) is 14.8. The maximum absolute atomic E-state index is 12.3. The first-order chi connectivity index (χ1) is 12.7. The maximum atomic E-state index is 12.3. The third-order valence-electron chi connectivity index (χ3n) is 4.61. The molecular weight excluding hydrogens is 334 g/mol. The van der Waals surface area contributed by atoms with E-state index in [1.165, 1.54) is 0 Å². The fourth-order valence-electron chi connectivity index (χ4n) is 3.45. The lowest BCUT2D eigenvalue weighted by atomic mass is 10.00. The molecule has 1 atom stereocenters. The Balaban J connectivity index is 1.93. The molecule has 7 nitrogen and oxygen atoms in total. The van der Waals surface area contributed by atoms with Gasteiger partial charge in [0.15, 0.2) is 11.5 Å². The van der Waals surface area contributed by atoms with Crippen LogP contribution in [0.15, 0.2) is 36.4 Å². The molecule has 1 aliphatic heterocycles. The van der Waals surface area contributed by atoms with Gasteiger partial charge in [-0.1, -0.05) is 12.1 Å². The smallest absolute Gasteiger partial charge is 0.229 e. The number of amides is 1. The summed E-state index contributed by atoms with van der Waals surface area (Å²) >= 11 is 0. The van der Waals surface area contributed by atoms with E-state index in [1.807, 2.05) is 41.0 Å². The van der Waals surface area contributed by atoms with Crippen molar-refractivity contribution in [2.45, 2.75) is 12.5 Å². The van der Waals surface area contributed by atoms with E-state index in [4.69, 9.17) is 14.2 Å². The number of imidazole rings is 1. The summed E-state index contributed by atoms with van der Waals surface area (Å²) < 4.78 is 18.4. The van der Waals surface area contributed by atoms with Crippen LogP contribution in [0, 0.1) is 0 Å². The van der Waals surface area contributed by atoms with Crippen LogP contribution in [-0.2, 0) is 4.79 Å². The lowest BCUT2D eigenvalue weighted by Crippen LogP contribution is -2.28. The summed E-state index contributed by atoms with van der Waals surface area (Å²) in [7, 11) is 4.72. The highest BCUT2D eigenvalue weighted by molar-refractivity contribution is 5.94. The van der Waals surface area contributed by atoms with Gasteiger partial charge in [-0.15, -0.1) is 0 Å². The summed E-state index contributed by atoms with van der Waals surface area (Å²) in [6, 6.07) is 11.3. The second-order valence-electron chi connectivity index (χ2n) is 6.02. The van der Waals surface area contributed by atoms with Crippen molar-refractivity contribution < 1.29 is 19.0 Å². The minimum atomic E-state index is -0.222. The molecule has 26 heavy (non-hydrogen) atoms. The van der Waals surface area contributed by atoms with Gasteiger partial charge in [-0.3, -0.25) is 10.1 Å². The van der Waals surface area contributed by atoms with E-state index in [0.717, 1.165) is 16.6 Å². The van der Waals surface area contributed by atoms with Gasteiger partial charge in [-0.25, -0.2) is 4.98 Å². The average Bonchev–Trinajstić information content (AvgIpc) is 3.04. The number of aromatic nitrogens is 2. The predicted molar refractivity (Wildman–Crippen MR) is 97.2 cm³/mol. The number of anilines is 1. The first kappa shape index (κ1) is 16.3. The minimum Gasteiger partial charge on any atom is -0.493 e. The second-order valence-corrected chi connectivity index (χ2v) is 6.02. The molecule has 134 valence electrons. The molecule has 0 radical (unpaired) electrons. The number of fused-ring (bicyclic) bond motifs is 3. The summed E-state index contributed by atoms with van der Waals surface area (Å²) in [4.78, 5) is 16.8. The zero-order chi connectivity index (χ0) is 18.3. The number of methoxy groups -OCH3 is 3. The number of hydrogen-bond donors (Lipinski definition) is 1. The number of hydrogen-bond acceptors (Lipinski definition) is 5. The summed E-state index contributed by atoms with van der Waals surface area (Å²) in [5, 5.41) is 2.85. The van der Waals surface area contributed by atoms with Crippen LogP contribution < -0.4 is 19.5 Å². The van der Waals surface area contributed by atoms with Gasteiger partial charge in [0.2, 0.25) is 17.6 Å². The molecule has 4 rings (SSSR count). The largest absolute Gasteiger partial charge is 0.493 e. The molecule has 2 aromatic carbocycles. The highest BCUT2D eigenvalue weighted by Gasteiger charge is 2.30. The van der Waals surface area contributed by atoms with Crippen molar-refractivity contribution in [3.63, 3.8) is 0 Å². The van der Waals surface area contributed by atoms with Gasteiger partial charge in [-0.2, -0.15) is 0 Å². The summed E-state index contributed by atoms with van der Waals surface area (Å²) in [6.45, 7) is 0. The second kappa shape index (κ2) is 6.25. The number of nitrogens with one attached hydrogen (secondary N) is 1. The lowest BCUT2D eigenvalue weighted by molar-refractivity contribution is -0.117. The fraction of sp³-hybridized carbons (Fsp3) is 0.263. The Morgan fingerprint density at radius 3 is 2.42 bits per heavy atom. The van der Waals surface area contributed by atoms with E-state index in [-0.39, 0.29) is 11.9 Å². The van der Waals surface area contributed by atoms with Crippen molar-refractivity contribution in [3.8, 4) is 17.2 Å². The first-order valence-corrected chi connectivity index (χ1v) is 8.23. The monoisotopic (exact) mass is 353 g/mol. The summed E-state index contributed by atoms with van der Waals surface area (Å²) in [6.07, 6.45) is 0.298. The summed E-state index contributed by atoms with van der Waals surface area (Å²) in [5.74, 6) is 2.10. The normalized spacial score (nSPS) is 16.1. The Labute approximate surface area is 150 Å². The van der Waals surface area contributed by atoms with Crippen molar-refractivity contribution in [3.05, 3.63) is 42.0 Å². The van der Waals surface area contributed by atoms with Crippen LogP contribution in [0.2, 0.25) is 0 Å². The van der Waals surface area contributed by atoms with Crippen molar-refractivity contribution in [1.82, 2.24) is 9.55 Å². The third-order valence-corrected chi connectivity index (χ3v) is 4.61. The molecule has 1 aromatic heterocycles. The van der Waals surface area contributed by atoms with Gasteiger partial charge in [0, 0.05) is 0 Å². The number of benzene rings is 2. The molecule has 0 saturated heterocycles. The van der Waals surface area contributed by atoms with Gasteiger partial charge in [0.05, 0.1) is 44.8 Å². The van der Waals surface area contributed by atoms with E-state index < -0.39 is 0 Å². The molecule has 1 N–H and O–H groups in total. The van der Waals surface area contributed by atoms with E-state index in [0.29, 0.717) is 29.6 Å². The lowest BCUT2D eigenvalue weighted by Gasteiger charge is -2.27. The Hall–Kier alpha value is -3.22. The van der Waals surface area contributed by atoms with Crippen molar-refractivity contribution in [1.29, 1.82) is 0 Å². The number of carbonyl (C=O) groups excluding carboxylic acids is 1. The summed E-state index contributed by atoms with van der Waals surface area (Å²) in [5.41, 5.74) is 2.68. The molecule has 1 unspecified atom stereocenters. The van der Waals surface area contributed by atoms with Crippen LogP contribution in [0.1, 0.15) is 18.0 Å².